The summed E-state index contributed by atoms with van der Waals surface area (Å²) in [4.78, 5) is 34.6. The number of hydrogen-bond acceptors (Lipinski definition) is 6. The van der Waals surface area contributed by atoms with E-state index >= 15 is 0 Å². The number of rotatable bonds is 9. The van der Waals surface area contributed by atoms with Gasteiger partial charge < -0.3 is 9.47 Å². The molecule has 2 aromatic carbocycles. The standard InChI is InChI=1S/C21H25N3O6/c1-4-14(2)16-9-5-7-11-18(16)29-13-20(25)22-23-21(26)15(3)30-19-12-8-6-10-17(19)24(27)28/h5-12,14-15H,4,13H2,1-3H3,(H,22,25)(H,23,26)/t14-,15+/m0/s1. The maximum Gasteiger partial charge on any atom is 0.310 e. The zero-order chi connectivity index (χ0) is 22.1. The van der Waals surface area contributed by atoms with Crippen molar-refractivity contribution in [1.82, 2.24) is 10.9 Å². The molecule has 0 aliphatic heterocycles. The van der Waals surface area contributed by atoms with Crippen LogP contribution in [0.5, 0.6) is 11.5 Å². The van der Waals surface area contributed by atoms with Gasteiger partial charge in [0, 0.05) is 6.07 Å². The molecule has 0 spiro atoms. The molecule has 2 atom stereocenters. The molecule has 0 aliphatic rings. The highest BCUT2D eigenvalue weighted by Gasteiger charge is 2.21. The number of hydrazine groups is 1. The van der Waals surface area contributed by atoms with E-state index in [2.05, 4.69) is 24.7 Å². The summed E-state index contributed by atoms with van der Waals surface area (Å²) in [6.07, 6.45) is -0.140. The van der Waals surface area contributed by atoms with Crippen LogP contribution < -0.4 is 20.3 Å². The molecule has 0 bridgehead atoms. The minimum atomic E-state index is -1.07. The quantitative estimate of drug-likeness (QED) is 0.480. The number of nitrogens with zero attached hydrogens (tertiary/aromatic N) is 1. The SMILES string of the molecule is CC[C@H](C)c1ccccc1OCC(=O)NNC(=O)[C@@H](C)Oc1ccccc1[N+](=O)[O-]. The van der Waals surface area contributed by atoms with Gasteiger partial charge in [0.25, 0.3) is 11.8 Å². The van der Waals surface area contributed by atoms with Crippen LogP contribution in [0, 0.1) is 10.1 Å². The highest BCUT2D eigenvalue weighted by molar-refractivity contribution is 5.85. The Morgan fingerprint density at radius 2 is 1.67 bits per heavy atom. The predicted octanol–water partition coefficient (Wildman–Crippen LogP) is 3.10. The van der Waals surface area contributed by atoms with Crippen molar-refractivity contribution in [2.24, 2.45) is 0 Å². The number of nitro groups is 1. The number of hydrogen-bond donors (Lipinski definition) is 2. The molecule has 2 amide bonds. The van der Waals surface area contributed by atoms with Gasteiger partial charge in [0.05, 0.1) is 4.92 Å². The maximum absolute atomic E-state index is 12.1. The van der Waals surface area contributed by atoms with Gasteiger partial charge in [0.15, 0.2) is 18.5 Å². The fourth-order valence-electron chi connectivity index (χ4n) is 2.60. The van der Waals surface area contributed by atoms with Crippen LogP contribution in [-0.4, -0.2) is 29.4 Å². The number of benzene rings is 2. The van der Waals surface area contributed by atoms with Crippen molar-refractivity contribution in [3.63, 3.8) is 0 Å². The summed E-state index contributed by atoms with van der Waals surface area (Å²) in [5.41, 5.74) is 5.21. The zero-order valence-corrected chi connectivity index (χ0v) is 17.1. The summed E-state index contributed by atoms with van der Waals surface area (Å²) in [5.74, 6) is -0.367. The first-order chi connectivity index (χ1) is 14.3. The number of nitrogens with one attached hydrogen (secondary N) is 2. The van der Waals surface area contributed by atoms with Crippen LogP contribution in [0.15, 0.2) is 48.5 Å². The van der Waals surface area contributed by atoms with Crippen molar-refractivity contribution >= 4 is 17.5 Å². The summed E-state index contributed by atoms with van der Waals surface area (Å²) in [5, 5.41) is 11.0. The van der Waals surface area contributed by atoms with Crippen LogP contribution in [-0.2, 0) is 9.59 Å². The molecule has 0 radical (unpaired) electrons. The number of amides is 2. The van der Waals surface area contributed by atoms with Crippen LogP contribution in [0.2, 0.25) is 0 Å². The Labute approximate surface area is 174 Å². The average molecular weight is 415 g/mol. The molecular weight excluding hydrogens is 390 g/mol. The van der Waals surface area contributed by atoms with Gasteiger partial charge in [-0.15, -0.1) is 0 Å². The lowest BCUT2D eigenvalue weighted by atomic mass is 9.98. The molecule has 0 saturated carbocycles. The lowest BCUT2D eigenvalue weighted by molar-refractivity contribution is -0.386. The van der Waals surface area contributed by atoms with E-state index in [1.54, 1.807) is 12.1 Å². The Morgan fingerprint density at radius 3 is 2.33 bits per heavy atom. The second kappa shape index (κ2) is 10.8. The normalized spacial score (nSPS) is 12.4. The minimum absolute atomic E-state index is 0.0403. The summed E-state index contributed by atoms with van der Waals surface area (Å²) in [7, 11) is 0. The van der Waals surface area contributed by atoms with Crippen LogP contribution in [0.25, 0.3) is 0 Å². The third kappa shape index (κ3) is 6.20. The lowest BCUT2D eigenvalue weighted by Gasteiger charge is -2.17. The first kappa shape index (κ1) is 22.7. The predicted molar refractivity (Wildman–Crippen MR) is 110 cm³/mol. The Kier molecular flexibility index (Phi) is 8.16. The van der Waals surface area contributed by atoms with Gasteiger partial charge in [-0.3, -0.25) is 30.6 Å². The highest BCUT2D eigenvalue weighted by Crippen LogP contribution is 2.28. The highest BCUT2D eigenvalue weighted by atomic mass is 16.6. The monoisotopic (exact) mass is 415 g/mol. The largest absolute Gasteiger partial charge is 0.483 e. The Morgan fingerprint density at radius 1 is 1.03 bits per heavy atom. The summed E-state index contributed by atoms with van der Waals surface area (Å²) < 4.78 is 10.9. The number of carbonyl (C=O) groups excluding carboxylic acids is 2. The number of carbonyl (C=O) groups is 2. The van der Waals surface area contributed by atoms with E-state index in [1.165, 1.54) is 25.1 Å². The molecule has 0 aliphatic carbocycles. The topological polar surface area (TPSA) is 120 Å². The summed E-state index contributed by atoms with van der Waals surface area (Å²) >= 11 is 0. The van der Waals surface area contributed by atoms with E-state index in [4.69, 9.17) is 9.47 Å². The Balaban J connectivity index is 1.85. The summed E-state index contributed by atoms with van der Waals surface area (Å²) in [6.45, 7) is 5.27. The van der Waals surface area contributed by atoms with E-state index in [1.807, 2.05) is 18.2 Å². The smallest absolute Gasteiger partial charge is 0.310 e. The first-order valence-corrected chi connectivity index (χ1v) is 9.54. The van der Waals surface area contributed by atoms with Crippen LogP contribution >= 0.6 is 0 Å². The maximum atomic E-state index is 12.1. The molecular formula is C21H25N3O6. The van der Waals surface area contributed by atoms with Gasteiger partial charge in [0.2, 0.25) is 0 Å². The molecule has 2 rings (SSSR count). The minimum Gasteiger partial charge on any atom is -0.483 e. The molecule has 30 heavy (non-hydrogen) atoms. The molecule has 9 heteroatoms. The van der Waals surface area contributed by atoms with Crippen molar-refractivity contribution in [1.29, 1.82) is 0 Å². The van der Waals surface area contributed by atoms with Crippen molar-refractivity contribution in [3.8, 4) is 11.5 Å². The Bertz CT molecular complexity index is 902. The first-order valence-electron chi connectivity index (χ1n) is 9.54. The molecule has 0 fully saturated rings. The van der Waals surface area contributed by atoms with Gasteiger partial charge in [0.1, 0.15) is 5.75 Å². The number of para-hydroxylation sites is 3. The van der Waals surface area contributed by atoms with E-state index in [9.17, 15) is 19.7 Å². The van der Waals surface area contributed by atoms with Gasteiger partial charge in [-0.1, -0.05) is 44.2 Å². The molecule has 0 saturated heterocycles. The molecule has 0 heterocycles. The van der Waals surface area contributed by atoms with Crippen LogP contribution in [0.3, 0.4) is 0 Å². The van der Waals surface area contributed by atoms with E-state index in [0.717, 1.165) is 12.0 Å². The van der Waals surface area contributed by atoms with Gasteiger partial charge in [-0.25, -0.2) is 0 Å². The molecule has 2 aromatic rings. The fraction of sp³-hybridized carbons (Fsp3) is 0.333. The number of ether oxygens (including phenoxy) is 2. The molecule has 0 aromatic heterocycles. The van der Waals surface area contributed by atoms with Crippen molar-refractivity contribution in [2.45, 2.75) is 39.2 Å². The van der Waals surface area contributed by atoms with Crippen molar-refractivity contribution in [3.05, 3.63) is 64.2 Å². The van der Waals surface area contributed by atoms with Crippen LogP contribution in [0.4, 0.5) is 5.69 Å². The second-order valence-electron chi connectivity index (χ2n) is 6.66. The molecule has 0 unspecified atom stereocenters. The third-order valence-electron chi connectivity index (χ3n) is 4.48. The second-order valence-corrected chi connectivity index (χ2v) is 6.66. The molecule has 9 nitrogen and oxygen atoms in total. The van der Waals surface area contributed by atoms with E-state index in [0.29, 0.717) is 5.75 Å². The molecule has 2 N–H and O–H groups in total. The van der Waals surface area contributed by atoms with Gasteiger partial charge in [-0.05, 0) is 37.0 Å². The average Bonchev–Trinajstić information content (AvgIpc) is 2.75. The van der Waals surface area contributed by atoms with Gasteiger partial charge >= 0.3 is 5.69 Å². The van der Waals surface area contributed by atoms with Crippen LogP contribution in [0.1, 0.15) is 38.7 Å². The van der Waals surface area contributed by atoms with Gasteiger partial charge in [-0.2, -0.15) is 0 Å². The zero-order valence-electron chi connectivity index (χ0n) is 17.1. The molecule has 160 valence electrons. The fourth-order valence-corrected chi connectivity index (χ4v) is 2.60. The lowest BCUT2D eigenvalue weighted by Crippen LogP contribution is -2.48. The van der Waals surface area contributed by atoms with Crippen molar-refractivity contribution < 1.29 is 24.0 Å². The third-order valence-corrected chi connectivity index (χ3v) is 4.48. The Hall–Kier alpha value is -3.62. The van der Waals surface area contributed by atoms with Crippen molar-refractivity contribution in [2.75, 3.05) is 6.61 Å². The van der Waals surface area contributed by atoms with E-state index in [-0.39, 0.29) is 24.0 Å². The number of nitro benzene ring substituents is 1. The van der Waals surface area contributed by atoms with E-state index < -0.39 is 22.8 Å². The summed E-state index contributed by atoms with van der Waals surface area (Å²) in [6, 6.07) is 13.2.